The van der Waals surface area contributed by atoms with Crippen LogP contribution in [-0.4, -0.2) is 41.1 Å². The van der Waals surface area contributed by atoms with E-state index in [0.717, 1.165) is 43.8 Å². The number of carbonyl (C=O) groups is 1. The summed E-state index contributed by atoms with van der Waals surface area (Å²) in [6.45, 7) is 5.05. The predicted molar refractivity (Wildman–Crippen MR) is 110 cm³/mol. The standard InChI is InChI=1S/C22H27FN2OS/c1-2-3-13-24(16-18-7-5-4-6-8-18)17-21(26)25-14-15-27-22(25)19-9-11-20(23)12-10-19/h4-12,22H,2-3,13-17H2,1H3. The Morgan fingerprint density at radius 3 is 2.63 bits per heavy atom. The van der Waals surface area contributed by atoms with Crippen molar-refractivity contribution in [2.24, 2.45) is 0 Å². The van der Waals surface area contributed by atoms with Gasteiger partial charge in [0.2, 0.25) is 5.91 Å². The summed E-state index contributed by atoms with van der Waals surface area (Å²) < 4.78 is 13.2. The maximum Gasteiger partial charge on any atom is 0.237 e. The molecule has 144 valence electrons. The summed E-state index contributed by atoms with van der Waals surface area (Å²) in [6.07, 6.45) is 2.19. The first-order chi connectivity index (χ1) is 13.2. The van der Waals surface area contributed by atoms with Crippen LogP contribution in [0.5, 0.6) is 0 Å². The molecular formula is C22H27FN2OS. The summed E-state index contributed by atoms with van der Waals surface area (Å²) in [5.41, 5.74) is 2.22. The smallest absolute Gasteiger partial charge is 0.237 e. The Morgan fingerprint density at radius 2 is 1.93 bits per heavy atom. The van der Waals surface area contributed by atoms with E-state index in [9.17, 15) is 9.18 Å². The summed E-state index contributed by atoms with van der Waals surface area (Å²) >= 11 is 1.75. The molecule has 3 rings (SSSR count). The normalized spacial score (nSPS) is 16.9. The highest BCUT2D eigenvalue weighted by Gasteiger charge is 2.31. The Balaban J connectivity index is 1.67. The second-order valence-corrected chi connectivity index (χ2v) is 8.10. The van der Waals surface area contributed by atoms with Crippen molar-refractivity contribution < 1.29 is 9.18 Å². The average molecular weight is 387 g/mol. The zero-order valence-corrected chi connectivity index (χ0v) is 16.6. The van der Waals surface area contributed by atoms with Crippen molar-refractivity contribution in [3.8, 4) is 0 Å². The SMILES string of the molecule is CCCCN(CC(=O)N1CCSC1c1ccc(F)cc1)Cc1ccccc1. The fourth-order valence-electron chi connectivity index (χ4n) is 3.35. The highest BCUT2D eigenvalue weighted by molar-refractivity contribution is 7.99. The highest BCUT2D eigenvalue weighted by atomic mass is 32.2. The monoisotopic (exact) mass is 386 g/mol. The van der Waals surface area contributed by atoms with Gasteiger partial charge >= 0.3 is 0 Å². The molecule has 0 aliphatic carbocycles. The van der Waals surface area contributed by atoms with E-state index in [1.165, 1.54) is 17.7 Å². The Kier molecular flexibility index (Phi) is 7.30. The highest BCUT2D eigenvalue weighted by Crippen LogP contribution is 2.37. The van der Waals surface area contributed by atoms with E-state index < -0.39 is 0 Å². The summed E-state index contributed by atoms with van der Waals surface area (Å²) in [6, 6.07) is 16.8. The summed E-state index contributed by atoms with van der Waals surface area (Å²) in [5.74, 6) is 0.830. The van der Waals surface area contributed by atoms with Gasteiger partial charge in [0.05, 0.1) is 6.54 Å². The third kappa shape index (κ3) is 5.56. The Labute approximate surface area is 165 Å². The van der Waals surface area contributed by atoms with Gasteiger partial charge in [-0.2, -0.15) is 0 Å². The molecule has 0 N–H and O–H groups in total. The molecule has 0 spiro atoms. The van der Waals surface area contributed by atoms with E-state index in [2.05, 4.69) is 24.0 Å². The number of nitrogens with zero attached hydrogens (tertiary/aromatic N) is 2. The summed E-state index contributed by atoms with van der Waals surface area (Å²) in [7, 11) is 0. The van der Waals surface area contributed by atoms with Gasteiger partial charge in [-0.3, -0.25) is 9.69 Å². The fraction of sp³-hybridized carbons (Fsp3) is 0.409. The van der Waals surface area contributed by atoms with Gasteiger partial charge < -0.3 is 4.90 Å². The van der Waals surface area contributed by atoms with Gasteiger partial charge in [-0.1, -0.05) is 55.8 Å². The summed E-state index contributed by atoms with van der Waals surface area (Å²) in [5, 5.41) is -0.0112. The van der Waals surface area contributed by atoms with Crippen molar-refractivity contribution in [2.75, 3.05) is 25.4 Å². The lowest BCUT2D eigenvalue weighted by Crippen LogP contribution is -2.40. The number of halogens is 1. The summed E-state index contributed by atoms with van der Waals surface area (Å²) in [4.78, 5) is 17.2. The quantitative estimate of drug-likeness (QED) is 0.657. The van der Waals surface area contributed by atoms with Crippen LogP contribution in [0.3, 0.4) is 0 Å². The molecule has 1 amide bonds. The number of hydrogen-bond acceptors (Lipinski definition) is 3. The molecule has 5 heteroatoms. The molecule has 1 unspecified atom stereocenters. The van der Waals surface area contributed by atoms with E-state index in [1.54, 1.807) is 23.9 Å². The van der Waals surface area contributed by atoms with Crippen LogP contribution in [0, 0.1) is 5.82 Å². The predicted octanol–water partition coefficient (Wildman–Crippen LogP) is 4.70. The molecule has 2 aromatic carbocycles. The van der Waals surface area contributed by atoms with Crippen LogP contribution in [0.25, 0.3) is 0 Å². The van der Waals surface area contributed by atoms with E-state index in [-0.39, 0.29) is 17.1 Å². The largest absolute Gasteiger partial charge is 0.325 e. The lowest BCUT2D eigenvalue weighted by atomic mass is 10.2. The Morgan fingerprint density at radius 1 is 1.19 bits per heavy atom. The fourth-order valence-corrected chi connectivity index (χ4v) is 4.63. The van der Waals surface area contributed by atoms with Crippen LogP contribution in [-0.2, 0) is 11.3 Å². The van der Waals surface area contributed by atoms with Gasteiger partial charge in [-0.05, 0) is 36.2 Å². The first-order valence-electron chi connectivity index (χ1n) is 9.60. The second-order valence-electron chi connectivity index (χ2n) is 6.91. The molecule has 3 nitrogen and oxygen atoms in total. The van der Waals surface area contributed by atoms with E-state index >= 15 is 0 Å². The molecule has 1 saturated heterocycles. The molecule has 27 heavy (non-hydrogen) atoms. The van der Waals surface area contributed by atoms with Crippen molar-refractivity contribution >= 4 is 17.7 Å². The van der Waals surface area contributed by atoms with Crippen LogP contribution < -0.4 is 0 Å². The third-order valence-corrected chi connectivity index (χ3v) is 6.06. The van der Waals surface area contributed by atoms with Gasteiger partial charge in [0.25, 0.3) is 0 Å². The molecule has 0 bridgehead atoms. The van der Waals surface area contributed by atoms with Crippen LogP contribution in [0.1, 0.15) is 36.3 Å². The molecule has 0 radical (unpaired) electrons. The van der Waals surface area contributed by atoms with E-state index in [1.807, 2.05) is 23.1 Å². The van der Waals surface area contributed by atoms with Crippen LogP contribution in [0.15, 0.2) is 54.6 Å². The number of carbonyl (C=O) groups excluding carboxylic acids is 1. The lowest BCUT2D eigenvalue weighted by molar-refractivity contribution is -0.132. The van der Waals surface area contributed by atoms with Crippen molar-refractivity contribution in [3.63, 3.8) is 0 Å². The van der Waals surface area contributed by atoms with Crippen molar-refractivity contribution in [2.45, 2.75) is 31.7 Å². The first kappa shape index (κ1) is 19.9. The zero-order chi connectivity index (χ0) is 19.1. The molecule has 1 atom stereocenters. The number of rotatable bonds is 8. The minimum atomic E-state index is -0.242. The minimum absolute atomic E-state index is 0.0112. The number of thioether (sulfide) groups is 1. The Hall–Kier alpha value is -1.85. The molecule has 1 aliphatic rings. The van der Waals surface area contributed by atoms with Gasteiger partial charge in [0, 0.05) is 18.8 Å². The maximum absolute atomic E-state index is 13.2. The number of amides is 1. The molecule has 0 saturated carbocycles. The Bertz CT molecular complexity index is 723. The van der Waals surface area contributed by atoms with Crippen molar-refractivity contribution in [3.05, 3.63) is 71.5 Å². The molecule has 0 aromatic heterocycles. The molecule has 1 heterocycles. The molecule has 1 aliphatic heterocycles. The zero-order valence-electron chi connectivity index (χ0n) is 15.8. The number of unbranched alkanes of at least 4 members (excludes halogenated alkanes) is 1. The molecular weight excluding hydrogens is 359 g/mol. The molecule has 1 fully saturated rings. The van der Waals surface area contributed by atoms with Gasteiger partial charge in [0.1, 0.15) is 11.2 Å². The number of benzene rings is 2. The van der Waals surface area contributed by atoms with Crippen molar-refractivity contribution in [1.82, 2.24) is 9.80 Å². The lowest BCUT2D eigenvalue weighted by Gasteiger charge is -2.28. The van der Waals surface area contributed by atoms with Gasteiger partial charge in [-0.25, -0.2) is 4.39 Å². The average Bonchev–Trinajstić information content (AvgIpc) is 3.17. The van der Waals surface area contributed by atoms with Crippen LogP contribution in [0.2, 0.25) is 0 Å². The second kappa shape index (κ2) is 9.90. The van der Waals surface area contributed by atoms with Crippen LogP contribution in [0.4, 0.5) is 4.39 Å². The van der Waals surface area contributed by atoms with Crippen molar-refractivity contribution in [1.29, 1.82) is 0 Å². The first-order valence-corrected chi connectivity index (χ1v) is 10.6. The molecule has 2 aromatic rings. The maximum atomic E-state index is 13.2. The number of hydrogen-bond donors (Lipinski definition) is 0. The van der Waals surface area contributed by atoms with E-state index in [0.29, 0.717) is 6.54 Å². The third-order valence-electron chi connectivity index (χ3n) is 4.80. The minimum Gasteiger partial charge on any atom is -0.325 e. The van der Waals surface area contributed by atoms with Crippen LogP contribution >= 0.6 is 11.8 Å². The van der Waals surface area contributed by atoms with Gasteiger partial charge in [0.15, 0.2) is 0 Å². The van der Waals surface area contributed by atoms with Gasteiger partial charge in [-0.15, -0.1) is 11.8 Å². The van der Waals surface area contributed by atoms with E-state index in [4.69, 9.17) is 0 Å². The topological polar surface area (TPSA) is 23.6 Å².